The van der Waals surface area contributed by atoms with Crippen molar-refractivity contribution in [2.45, 2.75) is 13.8 Å². The molecule has 3 aromatic rings. The van der Waals surface area contributed by atoms with E-state index in [0.29, 0.717) is 16.8 Å². The Morgan fingerprint density at radius 1 is 0.806 bits per heavy atom. The lowest BCUT2D eigenvalue weighted by Gasteiger charge is -2.10. The van der Waals surface area contributed by atoms with Gasteiger partial charge in [0, 0.05) is 23.3 Å². The zero-order valence-corrected chi connectivity index (χ0v) is 20.7. The monoisotopic (exact) mass is 513 g/mol. The molecule has 1 aromatic heterocycles. The Morgan fingerprint density at radius 2 is 1.35 bits per heavy atom. The summed E-state index contributed by atoms with van der Waals surface area (Å²) in [7, 11) is 0. The Kier molecular flexibility index (Phi) is 10.2. The van der Waals surface area contributed by atoms with Crippen LogP contribution in [0.2, 0.25) is 0 Å². The summed E-state index contributed by atoms with van der Waals surface area (Å²) in [6.45, 7) is 4.07. The number of benzene rings is 2. The molecule has 0 bridgehead atoms. The van der Waals surface area contributed by atoms with Gasteiger partial charge in [0.05, 0.1) is 5.75 Å². The fraction of sp³-hybridized carbons (Fsp3) is 0.160. The average molecular weight is 515 g/mol. The van der Waals surface area contributed by atoms with Gasteiger partial charge in [-0.3, -0.25) is 9.59 Å². The van der Waals surface area contributed by atoms with Crippen molar-refractivity contribution >= 4 is 40.8 Å². The maximum absolute atomic E-state index is 13.5. The van der Waals surface area contributed by atoms with E-state index in [4.69, 9.17) is 0 Å². The van der Waals surface area contributed by atoms with Crippen molar-refractivity contribution < 1.29 is 31.1 Å². The van der Waals surface area contributed by atoms with Crippen molar-refractivity contribution in [2.75, 3.05) is 11.5 Å². The molecule has 0 unspecified atom stereocenters. The minimum Gasteiger partial charge on any atom is -1.00 e. The van der Waals surface area contributed by atoms with Gasteiger partial charge in [0.1, 0.15) is 4.24 Å². The van der Waals surface area contributed by atoms with Crippen LogP contribution in [0.1, 0.15) is 33.2 Å². The van der Waals surface area contributed by atoms with E-state index in [-0.39, 0.29) is 34.3 Å². The van der Waals surface area contributed by atoms with Crippen LogP contribution in [0.25, 0.3) is 5.70 Å². The summed E-state index contributed by atoms with van der Waals surface area (Å²) in [6, 6.07) is 22.5. The van der Waals surface area contributed by atoms with E-state index in [2.05, 4.69) is 6.92 Å². The standard InChI is InChI=1S/C25H24NO2S2.BrH/c1-3-29-25(30-18-22(27)20-10-6-4-7-11-20)23(26-16-14-19(2)15-17-26)24(28)21-12-8-5-9-13-21;/h4-17H,3,18H2,1-2H3;1H/q+1;/p-1/b25-23-;. The van der Waals surface area contributed by atoms with E-state index in [9.17, 15) is 9.59 Å². The summed E-state index contributed by atoms with van der Waals surface area (Å²) in [5.41, 5.74) is 3.02. The highest BCUT2D eigenvalue weighted by molar-refractivity contribution is 8.22. The zero-order valence-electron chi connectivity index (χ0n) is 17.5. The number of carbonyl (C=O) groups excluding carboxylic acids is 2. The van der Waals surface area contributed by atoms with Gasteiger partial charge in [0.25, 0.3) is 11.5 Å². The number of pyridine rings is 1. The zero-order chi connectivity index (χ0) is 21.3. The molecule has 3 nitrogen and oxygen atoms in total. The second-order valence-electron chi connectivity index (χ2n) is 6.62. The third-order valence-electron chi connectivity index (χ3n) is 4.40. The van der Waals surface area contributed by atoms with E-state index >= 15 is 0 Å². The molecule has 0 radical (unpaired) electrons. The molecule has 0 aliphatic rings. The van der Waals surface area contributed by atoms with Gasteiger partial charge in [-0.05, 0) is 18.2 Å². The van der Waals surface area contributed by atoms with E-state index in [1.807, 2.05) is 96.7 Å². The summed E-state index contributed by atoms with van der Waals surface area (Å²) in [5.74, 6) is 1.08. The Labute approximate surface area is 202 Å². The van der Waals surface area contributed by atoms with Gasteiger partial charge in [-0.1, -0.05) is 67.6 Å². The quantitative estimate of drug-likeness (QED) is 0.250. The number of thioether (sulfide) groups is 2. The van der Waals surface area contributed by atoms with Gasteiger partial charge in [0.15, 0.2) is 18.2 Å². The van der Waals surface area contributed by atoms with E-state index in [0.717, 1.165) is 15.6 Å². The Bertz CT molecular complexity index is 1040. The minimum absolute atomic E-state index is 0. The van der Waals surface area contributed by atoms with Crippen LogP contribution in [-0.4, -0.2) is 23.1 Å². The highest BCUT2D eigenvalue weighted by Gasteiger charge is 2.28. The third kappa shape index (κ3) is 6.92. The SMILES string of the molecule is CCS/C(SCC(=O)c1ccccc1)=C(\C(=O)c1ccccc1)[n+]1ccc(C)cc1.[Br-]. The van der Waals surface area contributed by atoms with Crippen LogP contribution in [0, 0.1) is 6.92 Å². The molecular weight excluding hydrogens is 490 g/mol. The van der Waals surface area contributed by atoms with Crippen molar-refractivity contribution in [3.63, 3.8) is 0 Å². The molecule has 0 N–H and O–H groups in total. The van der Waals surface area contributed by atoms with Crippen molar-refractivity contribution in [2.24, 2.45) is 0 Å². The van der Waals surface area contributed by atoms with Gasteiger partial charge in [-0.15, -0.1) is 23.5 Å². The number of ketones is 2. The fourth-order valence-electron chi connectivity index (χ4n) is 2.84. The molecule has 0 amide bonds. The molecule has 0 spiro atoms. The second-order valence-corrected chi connectivity index (χ2v) is 9.14. The molecule has 0 saturated heterocycles. The molecule has 0 atom stereocenters. The largest absolute Gasteiger partial charge is 1.00 e. The first-order valence-corrected chi connectivity index (χ1v) is 11.7. The summed E-state index contributed by atoms with van der Waals surface area (Å²) in [4.78, 5) is 26.1. The number of rotatable bonds is 9. The van der Waals surface area contributed by atoms with Crippen LogP contribution in [0.15, 0.2) is 89.4 Å². The van der Waals surface area contributed by atoms with Crippen LogP contribution in [0.5, 0.6) is 0 Å². The number of Topliss-reactive ketones (excluding diaryl/α,β-unsaturated/α-hetero) is 2. The third-order valence-corrected chi connectivity index (χ3v) is 6.72. The number of allylic oxidation sites excluding steroid dienone is 1. The number of carbonyl (C=O) groups is 2. The molecule has 1 heterocycles. The predicted octanol–water partition coefficient (Wildman–Crippen LogP) is 2.66. The lowest BCUT2D eigenvalue weighted by molar-refractivity contribution is -0.576. The summed E-state index contributed by atoms with van der Waals surface area (Å²) in [5, 5.41) is 0. The first kappa shape index (κ1) is 25.1. The number of aromatic nitrogens is 1. The summed E-state index contributed by atoms with van der Waals surface area (Å²) < 4.78 is 2.71. The van der Waals surface area contributed by atoms with Crippen LogP contribution in [0.4, 0.5) is 0 Å². The molecule has 0 fully saturated rings. The molecule has 3 rings (SSSR count). The van der Waals surface area contributed by atoms with Gasteiger partial charge in [0.2, 0.25) is 0 Å². The molecule has 31 heavy (non-hydrogen) atoms. The number of halogens is 1. The molecule has 160 valence electrons. The number of aryl methyl sites for hydroxylation is 1. The smallest absolute Gasteiger partial charge is 0.279 e. The topological polar surface area (TPSA) is 38.0 Å². The lowest BCUT2D eigenvalue weighted by Crippen LogP contribution is -3.00. The lowest BCUT2D eigenvalue weighted by atomic mass is 10.1. The summed E-state index contributed by atoms with van der Waals surface area (Å²) >= 11 is 3.02. The van der Waals surface area contributed by atoms with Crippen LogP contribution in [0.3, 0.4) is 0 Å². The highest BCUT2D eigenvalue weighted by atomic mass is 79.9. The summed E-state index contributed by atoms with van der Waals surface area (Å²) in [6.07, 6.45) is 3.81. The van der Waals surface area contributed by atoms with Gasteiger partial charge in [-0.25, -0.2) is 0 Å². The van der Waals surface area contributed by atoms with E-state index in [1.54, 1.807) is 11.8 Å². The van der Waals surface area contributed by atoms with Gasteiger partial charge in [-0.2, -0.15) is 4.57 Å². The molecule has 0 saturated carbocycles. The number of hydrogen-bond donors (Lipinski definition) is 0. The number of nitrogens with zero attached hydrogens (tertiary/aromatic N) is 1. The molecule has 6 heteroatoms. The van der Waals surface area contributed by atoms with Crippen molar-refractivity contribution in [1.29, 1.82) is 0 Å². The van der Waals surface area contributed by atoms with Crippen molar-refractivity contribution in [3.8, 4) is 0 Å². The van der Waals surface area contributed by atoms with Crippen molar-refractivity contribution in [1.82, 2.24) is 0 Å². The Balaban J connectivity index is 0.00000341. The average Bonchev–Trinajstić information content (AvgIpc) is 2.79. The van der Waals surface area contributed by atoms with Gasteiger partial charge < -0.3 is 17.0 Å². The molecule has 0 aliphatic heterocycles. The Morgan fingerprint density at radius 3 is 1.90 bits per heavy atom. The van der Waals surface area contributed by atoms with Crippen molar-refractivity contribution in [3.05, 3.63) is 106 Å². The van der Waals surface area contributed by atoms with Crippen LogP contribution >= 0.6 is 23.5 Å². The fourth-order valence-corrected chi connectivity index (χ4v) is 5.06. The minimum atomic E-state index is -0.0555. The van der Waals surface area contributed by atoms with Crippen LogP contribution in [-0.2, 0) is 0 Å². The van der Waals surface area contributed by atoms with Crippen LogP contribution < -0.4 is 21.5 Å². The van der Waals surface area contributed by atoms with E-state index < -0.39 is 0 Å². The normalized spacial score (nSPS) is 11.3. The maximum atomic E-state index is 13.5. The molecule has 0 aliphatic carbocycles. The molecular formula is C25H24BrNO2S2. The first-order chi connectivity index (χ1) is 14.6. The highest BCUT2D eigenvalue weighted by Crippen LogP contribution is 2.33. The number of hydrogen-bond acceptors (Lipinski definition) is 4. The predicted molar refractivity (Wildman–Crippen MR) is 127 cm³/mol. The second kappa shape index (κ2) is 12.6. The van der Waals surface area contributed by atoms with Gasteiger partial charge >= 0.3 is 0 Å². The maximum Gasteiger partial charge on any atom is 0.279 e. The Hall–Kier alpha value is -2.15. The van der Waals surface area contributed by atoms with E-state index in [1.165, 1.54) is 11.8 Å². The molecule has 2 aromatic carbocycles. The first-order valence-electron chi connectivity index (χ1n) is 9.76.